The molecule has 0 spiro atoms. The number of hydrogen-bond donors (Lipinski definition) is 5. The number of hydrazine groups is 1. The van der Waals surface area contributed by atoms with Crippen LogP contribution in [0.4, 0.5) is 0 Å². The Balaban J connectivity index is 2.29. The Labute approximate surface area is 157 Å². The van der Waals surface area contributed by atoms with E-state index in [2.05, 4.69) is 26.1 Å². The van der Waals surface area contributed by atoms with Crippen LogP contribution in [-0.4, -0.2) is 22.0 Å². The van der Waals surface area contributed by atoms with E-state index in [1.165, 1.54) is 18.2 Å². The molecule has 0 aromatic heterocycles. The molecule has 0 saturated heterocycles. The minimum atomic E-state index is -0.734. The van der Waals surface area contributed by atoms with Gasteiger partial charge in [-0.05, 0) is 41.3 Å². The van der Waals surface area contributed by atoms with E-state index in [1.54, 1.807) is 12.1 Å². The Morgan fingerprint density at radius 2 is 1.67 bits per heavy atom. The molecule has 0 aliphatic carbocycles. The summed E-state index contributed by atoms with van der Waals surface area (Å²) in [7, 11) is 0. The van der Waals surface area contributed by atoms with E-state index >= 15 is 0 Å². The van der Waals surface area contributed by atoms with Gasteiger partial charge in [0.1, 0.15) is 17.2 Å². The van der Waals surface area contributed by atoms with Gasteiger partial charge in [0.05, 0.1) is 0 Å². The molecule has 7 nitrogen and oxygen atoms in total. The zero-order valence-corrected chi connectivity index (χ0v) is 15.4. The second kappa shape index (κ2) is 7.92. The number of phenolic OH excluding ortho intramolecular Hbond substituents is 2. The smallest absolute Gasteiger partial charge is 0.281 e. The van der Waals surface area contributed by atoms with E-state index in [0.29, 0.717) is 5.56 Å². The predicted molar refractivity (Wildman–Crippen MR) is 103 cm³/mol. The van der Waals surface area contributed by atoms with Crippen LogP contribution in [-0.2, 0) is 10.2 Å². The minimum Gasteiger partial charge on any atom is -0.508 e. The number of nitrogens with two attached hydrogens (primary N) is 1. The summed E-state index contributed by atoms with van der Waals surface area (Å²) in [6.45, 7) is 6.20. The Kier molecular flexibility index (Phi) is 5.87. The molecule has 0 aliphatic heterocycles. The lowest BCUT2D eigenvalue weighted by atomic mass is 9.87. The molecule has 0 saturated carbocycles. The summed E-state index contributed by atoms with van der Waals surface area (Å²) in [6, 6.07) is 10.9. The van der Waals surface area contributed by atoms with Gasteiger partial charge in [-0.15, -0.1) is 0 Å². The van der Waals surface area contributed by atoms with Gasteiger partial charge in [0, 0.05) is 17.2 Å². The molecular formula is C20H23N3O4. The van der Waals surface area contributed by atoms with Crippen molar-refractivity contribution in [1.29, 1.82) is 0 Å². The van der Waals surface area contributed by atoms with Crippen LogP contribution in [0.1, 0.15) is 42.3 Å². The Hall–Kier alpha value is -3.32. The highest BCUT2D eigenvalue weighted by molar-refractivity contribution is 6.05. The van der Waals surface area contributed by atoms with Crippen molar-refractivity contribution < 1.29 is 19.8 Å². The van der Waals surface area contributed by atoms with Gasteiger partial charge in [-0.3, -0.25) is 15.0 Å². The zero-order valence-electron chi connectivity index (χ0n) is 15.4. The van der Waals surface area contributed by atoms with Crippen LogP contribution in [0.5, 0.6) is 11.5 Å². The van der Waals surface area contributed by atoms with Gasteiger partial charge in [-0.2, -0.15) is 0 Å². The molecule has 0 unspecified atom stereocenters. The van der Waals surface area contributed by atoms with Crippen LogP contribution < -0.4 is 16.6 Å². The fourth-order valence-corrected chi connectivity index (χ4v) is 2.36. The normalized spacial score (nSPS) is 11.8. The third-order valence-electron chi connectivity index (χ3n) is 3.95. The lowest BCUT2D eigenvalue weighted by molar-refractivity contribution is -0.117. The van der Waals surface area contributed by atoms with Gasteiger partial charge >= 0.3 is 0 Å². The maximum absolute atomic E-state index is 12.5. The van der Waals surface area contributed by atoms with Crippen LogP contribution in [0.3, 0.4) is 0 Å². The Morgan fingerprint density at radius 1 is 1.04 bits per heavy atom. The fraction of sp³-hybridized carbons (Fsp3) is 0.200. The van der Waals surface area contributed by atoms with Crippen molar-refractivity contribution in [3.63, 3.8) is 0 Å². The molecule has 6 N–H and O–H groups in total. The summed E-state index contributed by atoms with van der Waals surface area (Å²) in [6.07, 6.45) is 1.26. The summed E-state index contributed by atoms with van der Waals surface area (Å²) < 4.78 is 0. The summed E-state index contributed by atoms with van der Waals surface area (Å²) in [5, 5.41) is 21.7. The second-order valence-corrected chi connectivity index (χ2v) is 7.06. The molecule has 142 valence electrons. The molecule has 0 fully saturated rings. The first kappa shape index (κ1) is 20.0. The van der Waals surface area contributed by atoms with E-state index < -0.39 is 11.8 Å². The predicted octanol–water partition coefficient (Wildman–Crippen LogP) is 2.16. The van der Waals surface area contributed by atoms with E-state index in [1.807, 2.05) is 17.6 Å². The first-order valence-electron chi connectivity index (χ1n) is 8.28. The molecule has 7 heteroatoms. The van der Waals surface area contributed by atoms with Gasteiger partial charge in [0.15, 0.2) is 0 Å². The molecule has 27 heavy (non-hydrogen) atoms. The highest BCUT2D eigenvalue weighted by atomic mass is 16.3. The summed E-state index contributed by atoms with van der Waals surface area (Å²) in [5.74, 6) is 3.57. The third-order valence-corrected chi connectivity index (χ3v) is 3.95. The largest absolute Gasteiger partial charge is 0.508 e. The molecule has 2 aromatic carbocycles. The number of hydrogen-bond acceptors (Lipinski definition) is 5. The molecule has 2 amide bonds. The topological polar surface area (TPSA) is 125 Å². The first-order valence-corrected chi connectivity index (χ1v) is 8.28. The standard InChI is InChI=1S/C20H23N3O4/c1-20(2,3)14-7-4-12(5-8-14)18(26)22-16(19(27)23-21)10-13-6-9-15(24)11-17(13)25/h4-11,24-25H,21H2,1-3H3,(H,22,26)(H,23,27)/b16-10+. The van der Waals surface area contributed by atoms with Gasteiger partial charge in [-0.1, -0.05) is 32.9 Å². The van der Waals surface area contributed by atoms with Crippen molar-refractivity contribution in [2.24, 2.45) is 5.84 Å². The second-order valence-electron chi connectivity index (χ2n) is 7.06. The summed E-state index contributed by atoms with van der Waals surface area (Å²) in [5.41, 5.74) is 3.43. The quantitative estimate of drug-likeness (QED) is 0.244. The number of aromatic hydroxyl groups is 2. The number of carbonyl (C=O) groups excluding carboxylic acids is 2. The van der Waals surface area contributed by atoms with Crippen LogP contribution in [0.15, 0.2) is 48.2 Å². The fourth-order valence-electron chi connectivity index (χ4n) is 2.36. The van der Waals surface area contributed by atoms with Crippen molar-refractivity contribution in [2.45, 2.75) is 26.2 Å². The van der Waals surface area contributed by atoms with Crippen molar-refractivity contribution in [1.82, 2.24) is 10.7 Å². The van der Waals surface area contributed by atoms with Crippen molar-refractivity contribution in [3.8, 4) is 11.5 Å². The third kappa shape index (κ3) is 5.08. The maximum Gasteiger partial charge on any atom is 0.281 e. The molecular weight excluding hydrogens is 346 g/mol. The lowest BCUT2D eigenvalue weighted by Crippen LogP contribution is -2.38. The van der Waals surface area contributed by atoms with Crippen LogP contribution in [0.25, 0.3) is 6.08 Å². The number of nitrogens with one attached hydrogen (secondary N) is 2. The lowest BCUT2D eigenvalue weighted by Gasteiger charge is -2.19. The van der Waals surface area contributed by atoms with Crippen molar-refractivity contribution in [3.05, 3.63) is 64.9 Å². The minimum absolute atomic E-state index is 0.0457. The van der Waals surface area contributed by atoms with Crippen LogP contribution >= 0.6 is 0 Å². The van der Waals surface area contributed by atoms with Gasteiger partial charge in [-0.25, -0.2) is 5.84 Å². The van der Waals surface area contributed by atoms with Crippen molar-refractivity contribution in [2.75, 3.05) is 0 Å². The molecule has 0 heterocycles. The van der Waals surface area contributed by atoms with E-state index in [0.717, 1.165) is 11.6 Å². The molecule has 0 bridgehead atoms. The number of benzene rings is 2. The number of carbonyl (C=O) groups is 2. The van der Waals surface area contributed by atoms with Crippen molar-refractivity contribution >= 4 is 17.9 Å². The Morgan fingerprint density at radius 3 is 2.19 bits per heavy atom. The molecule has 0 atom stereocenters. The maximum atomic E-state index is 12.5. The van der Waals surface area contributed by atoms with Crippen LogP contribution in [0.2, 0.25) is 0 Å². The van der Waals surface area contributed by atoms with Gasteiger partial charge in [0.25, 0.3) is 11.8 Å². The number of amides is 2. The summed E-state index contributed by atoms with van der Waals surface area (Å²) >= 11 is 0. The van der Waals surface area contributed by atoms with E-state index in [4.69, 9.17) is 5.84 Å². The highest BCUT2D eigenvalue weighted by Crippen LogP contribution is 2.25. The van der Waals surface area contributed by atoms with E-state index in [-0.39, 0.29) is 28.2 Å². The zero-order chi connectivity index (χ0) is 20.2. The summed E-state index contributed by atoms with van der Waals surface area (Å²) in [4.78, 5) is 24.5. The Bertz CT molecular complexity index is 881. The monoisotopic (exact) mass is 369 g/mol. The molecule has 0 aliphatic rings. The molecule has 0 radical (unpaired) electrons. The van der Waals surface area contributed by atoms with Gasteiger partial charge in [0.2, 0.25) is 0 Å². The average Bonchev–Trinajstić information content (AvgIpc) is 2.61. The van der Waals surface area contributed by atoms with Crippen LogP contribution in [0, 0.1) is 0 Å². The number of phenols is 2. The number of rotatable bonds is 4. The van der Waals surface area contributed by atoms with E-state index in [9.17, 15) is 19.8 Å². The SMILES string of the molecule is CC(C)(C)c1ccc(C(=O)N/C(=C/c2ccc(O)cc2O)C(=O)NN)cc1. The average molecular weight is 369 g/mol. The first-order chi connectivity index (χ1) is 12.6. The molecule has 2 aromatic rings. The highest BCUT2D eigenvalue weighted by Gasteiger charge is 2.17. The van der Waals surface area contributed by atoms with Gasteiger partial charge < -0.3 is 15.5 Å². The molecule has 2 rings (SSSR count).